The number of carbonyl (C=O) groups is 2. The number of carbonyl (C=O) groups excluding carboxylic acids is 2. The Morgan fingerprint density at radius 1 is 1.00 bits per heavy atom. The molecule has 1 heterocycles. The number of amides is 2. The highest BCUT2D eigenvalue weighted by Gasteiger charge is 2.12. The van der Waals surface area contributed by atoms with E-state index in [1.165, 1.54) is 12.3 Å². The lowest BCUT2D eigenvalue weighted by Crippen LogP contribution is -2.32. The van der Waals surface area contributed by atoms with Crippen LogP contribution >= 0.6 is 0 Å². The molecule has 0 saturated carbocycles. The summed E-state index contributed by atoms with van der Waals surface area (Å²) < 4.78 is 15.6. The van der Waals surface area contributed by atoms with Crippen molar-refractivity contribution in [2.45, 2.75) is 0 Å². The Bertz CT molecular complexity index is 949. The molecule has 0 fully saturated rings. The number of hydrogen-bond acceptors (Lipinski definition) is 5. The van der Waals surface area contributed by atoms with E-state index in [1.807, 2.05) is 30.3 Å². The van der Waals surface area contributed by atoms with Gasteiger partial charge in [0.1, 0.15) is 11.5 Å². The van der Waals surface area contributed by atoms with Crippen LogP contribution in [-0.4, -0.2) is 32.6 Å². The Labute approximate surface area is 162 Å². The molecule has 2 amide bonds. The van der Waals surface area contributed by atoms with Crippen LogP contribution in [0.4, 0.5) is 5.69 Å². The summed E-state index contributed by atoms with van der Waals surface area (Å²) in [5.74, 6) is 0.771. The maximum absolute atomic E-state index is 12.2. The van der Waals surface area contributed by atoms with E-state index < -0.39 is 5.91 Å². The number of nitrogens with one attached hydrogen (secondary N) is 2. The molecule has 0 spiro atoms. The molecule has 7 nitrogen and oxygen atoms in total. The number of benzene rings is 2. The van der Waals surface area contributed by atoms with Gasteiger partial charge in [-0.25, -0.2) is 0 Å². The fourth-order valence-electron chi connectivity index (χ4n) is 2.64. The maximum atomic E-state index is 12.2. The van der Waals surface area contributed by atoms with Crippen LogP contribution in [0.1, 0.15) is 10.6 Å². The smallest absolute Gasteiger partial charge is 0.287 e. The molecule has 7 heteroatoms. The second kappa shape index (κ2) is 8.77. The number of rotatable bonds is 7. The molecule has 0 atom stereocenters. The van der Waals surface area contributed by atoms with Gasteiger partial charge in [-0.2, -0.15) is 0 Å². The minimum absolute atomic E-state index is 0.152. The van der Waals surface area contributed by atoms with Crippen LogP contribution in [0.5, 0.6) is 11.5 Å². The maximum Gasteiger partial charge on any atom is 0.287 e. The third-order valence-electron chi connectivity index (χ3n) is 4.04. The van der Waals surface area contributed by atoms with Crippen molar-refractivity contribution in [1.82, 2.24) is 5.32 Å². The van der Waals surface area contributed by atoms with Crippen molar-refractivity contribution >= 4 is 17.5 Å². The number of methoxy groups -OCH3 is 2. The molecule has 2 N–H and O–H groups in total. The molecule has 3 aromatic rings. The van der Waals surface area contributed by atoms with Gasteiger partial charge in [0.15, 0.2) is 5.76 Å². The topological polar surface area (TPSA) is 89.8 Å². The highest BCUT2D eigenvalue weighted by atomic mass is 16.5. The van der Waals surface area contributed by atoms with Crippen LogP contribution in [0, 0.1) is 0 Å². The standard InChI is InChI=1S/C21H20N2O5/c1-26-16-8-5-14(6-9-16)17-12-15(7-10-18(17)27-2)23-20(24)13-22-21(25)19-4-3-11-28-19/h3-12H,13H2,1-2H3,(H,22,25)(H,23,24). The summed E-state index contributed by atoms with van der Waals surface area (Å²) in [4.78, 5) is 24.0. The second-order valence-corrected chi connectivity index (χ2v) is 5.85. The Kier molecular flexibility index (Phi) is 5.96. The predicted octanol–water partition coefficient (Wildman–Crippen LogP) is 3.33. The quantitative estimate of drug-likeness (QED) is 0.656. The first-order chi connectivity index (χ1) is 13.6. The molecular formula is C21H20N2O5. The number of anilines is 1. The predicted molar refractivity (Wildman–Crippen MR) is 105 cm³/mol. The van der Waals surface area contributed by atoms with Gasteiger partial charge < -0.3 is 24.5 Å². The van der Waals surface area contributed by atoms with E-state index in [0.29, 0.717) is 11.4 Å². The van der Waals surface area contributed by atoms with Crippen LogP contribution in [0.15, 0.2) is 65.3 Å². The van der Waals surface area contributed by atoms with Crippen LogP contribution in [0.25, 0.3) is 11.1 Å². The van der Waals surface area contributed by atoms with Gasteiger partial charge in [-0.3, -0.25) is 9.59 Å². The summed E-state index contributed by atoms with van der Waals surface area (Å²) >= 11 is 0. The van der Waals surface area contributed by atoms with E-state index in [9.17, 15) is 9.59 Å². The zero-order valence-electron chi connectivity index (χ0n) is 15.5. The number of furan rings is 1. The third kappa shape index (κ3) is 4.50. The second-order valence-electron chi connectivity index (χ2n) is 5.85. The van der Waals surface area contributed by atoms with Gasteiger partial charge >= 0.3 is 0 Å². The normalized spacial score (nSPS) is 10.2. The van der Waals surface area contributed by atoms with Crippen molar-refractivity contribution in [3.63, 3.8) is 0 Å². The fourth-order valence-corrected chi connectivity index (χ4v) is 2.64. The molecule has 0 bridgehead atoms. The van der Waals surface area contributed by atoms with Gasteiger partial charge in [0.05, 0.1) is 27.0 Å². The molecule has 0 aliphatic rings. The van der Waals surface area contributed by atoms with Gasteiger partial charge in [0.25, 0.3) is 5.91 Å². The van der Waals surface area contributed by atoms with E-state index in [0.717, 1.165) is 16.9 Å². The summed E-state index contributed by atoms with van der Waals surface area (Å²) in [6, 6.07) is 16.0. The minimum Gasteiger partial charge on any atom is -0.497 e. The highest BCUT2D eigenvalue weighted by molar-refractivity contribution is 5.98. The first-order valence-corrected chi connectivity index (χ1v) is 8.54. The summed E-state index contributed by atoms with van der Waals surface area (Å²) in [6.07, 6.45) is 1.40. The average Bonchev–Trinajstić information content (AvgIpc) is 3.27. The van der Waals surface area contributed by atoms with Gasteiger partial charge in [0, 0.05) is 11.3 Å². The molecule has 0 saturated heterocycles. The van der Waals surface area contributed by atoms with Crippen molar-refractivity contribution in [1.29, 1.82) is 0 Å². The SMILES string of the molecule is COc1ccc(-c2cc(NC(=O)CNC(=O)c3ccco3)ccc2OC)cc1. The lowest BCUT2D eigenvalue weighted by Gasteiger charge is -2.12. The average molecular weight is 380 g/mol. The number of hydrogen-bond donors (Lipinski definition) is 2. The van der Waals surface area contributed by atoms with Gasteiger partial charge in [-0.05, 0) is 48.0 Å². The first-order valence-electron chi connectivity index (χ1n) is 8.54. The lowest BCUT2D eigenvalue weighted by molar-refractivity contribution is -0.115. The van der Waals surface area contributed by atoms with Gasteiger partial charge in [-0.15, -0.1) is 0 Å². The zero-order valence-corrected chi connectivity index (χ0v) is 15.5. The molecule has 144 valence electrons. The molecule has 2 aromatic carbocycles. The molecule has 0 aliphatic carbocycles. The third-order valence-corrected chi connectivity index (χ3v) is 4.04. The van der Waals surface area contributed by atoms with Crippen molar-refractivity contribution in [3.8, 4) is 22.6 Å². The number of ether oxygens (including phenoxy) is 2. The molecule has 0 unspecified atom stereocenters. The Morgan fingerprint density at radius 3 is 2.43 bits per heavy atom. The van der Waals surface area contributed by atoms with Crippen LogP contribution < -0.4 is 20.1 Å². The monoisotopic (exact) mass is 380 g/mol. The molecule has 0 radical (unpaired) electrons. The molecule has 0 aliphatic heterocycles. The van der Waals surface area contributed by atoms with E-state index in [4.69, 9.17) is 13.9 Å². The fraction of sp³-hybridized carbons (Fsp3) is 0.143. The van der Waals surface area contributed by atoms with Crippen LogP contribution in [0.3, 0.4) is 0 Å². The summed E-state index contributed by atoms with van der Waals surface area (Å²) in [7, 11) is 3.20. The van der Waals surface area contributed by atoms with Crippen molar-refractivity contribution < 1.29 is 23.5 Å². The summed E-state index contributed by atoms with van der Waals surface area (Å²) in [5, 5.41) is 5.27. The first kappa shape index (κ1) is 19.0. The lowest BCUT2D eigenvalue weighted by atomic mass is 10.0. The van der Waals surface area contributed by atoms with E-state index in [1.54, 1.807) is 32.4 Å². The van der Waals surface area contributed by atoms with Gasteiger partial charge in [0.2, 0.25) is 5.91 Å². The highest BCUT2D eigenvalue weighted by Crippen LogP contribution is 2.33. The molecule has 1 aromatic heterocycles. The van der Waals surface area contributed by atoms with Crippen molar-refractivity contribution in [2.24, 2.45) is 0 Å². The van der Waals surface area contributed by atoms with E-state index in [-0.39, 0.29) is 18.2 Å². The minimum atomic E-state index is -0.450. The Hall–Kier alpha value is -3.74. The molecule has 28 heavy (non-hydrogen) atoms. The van der Waals surface area contributed by atoms with Gasteiger partial charge in [-0.1, -0.05) is 12.1 Å². The summed E-state index contributed by atoms with van der Waals surface area (Å²) in [6.45, 7) is -0.177. The Morgan fingerprint density at radius 2 is 1.79 bits per heavy atom. The molecular weight excluding hydrogens is 360 g/mol. The zero-order chi connectivity index (χ0) is 19.9. The van der Waals surface area contributed by atoms with E-state index >= 15 is 0 Å². The van der Waals surface area contributed by atoms with Crippen LogP contribution in [0.2, 0.25) is 0 Å². The summed E-state index contributed by atoms with van der Waals surface area (Å²) in [5.41, 5.74) is 2.33. The van der Waals surface area contributed by atoms with Crippen LogP contribution in [-0.2, 0) is 4.79 Å². The molecule has 3 rings (SSSR count). The van der Waals surface area contributed by atoms with Crippen molar-refractivity contribution in [3.05, 3.63) is 66.6 Å². The largest absolute Gasteiger partial charge is 0.497 e. The van der Waals surface area contributed by atoms with E-state index in [2.05, 4.69) is 10.6 Å². The van der Waals surface area contributed by atoms with Crippen molar-refractivity contribution in [2.75, 3.05) is 26.1 Å². The Balaban J connectivity index is 1.69.